The molecule has 0 atom stereocenters. The van der Waals surface area contributed by atoms with Gasteiger partial charge in [0.05, 0.1) is 0 Å². The Kier molecular flexibility index (Phi) is 26.1. The van der Waals surface area contributed by atoms with Gasteiger partial charge in [-0.05, 0) is 5.92 Å². The molecule has 1 saturated carbocycles. The van der Waals surface area contributed by atoms with Crippen molar-refractivity contribution in [2.24, 2.45) is 5.92 Å². The van der Waals surface area contributed by atoms with Gasteiger partial charge in [-0.2, -0.15) is 0 Å². The summed E-state index contributed by atoms with van der Waals surface area (Å²) in [6.45, 7) is 10.7. The first-order valence-electron chi connectivity index (χ1n) is 6.35. The molecule has 0 saturated heterocycles. The molecule has 14 heavy (non-hydrogen) atoms. The third-order valence-electron chi connectivity index (χ3n) is 2.55. The standard InChI is InChI=1S/C7H14.C4H10.C2H6.CH4/c1-2-7-5-3-4-6-7;1-3-4-2;1-2;/h7H,2-6H2,1H3;3-4H2,1-2H3;1-2H3;1H4. The van der Waals surface area contributed by atoms with Gasteiger partial charge in [-0.1, -0.05) is 87.0 Å². The Hall–Kier alpha value is 0. The van der Waals surface area contributed by atoms with Crippen LogP contribution in [0.15, 0.2) is 0 Å². The van der Waals surface area contributed by atoms with Gasteiger partial charge in [-0.15, -0.1) is 0 Å². The molecule has 0 radical (unpaired) electrons. The van der Waals surface area contributed by atoms with E-state index >= 15 is 0 Å². The van der Waals surface area contributed by atoms with Gasteiger partial charge in [0.1, 0.15) is 0 Å². The Morgan fingerprint density at radius 3 is 1.36 bits per heavy atom. The maximum atomic E-state index is 2.30. The maximum absolute atomic E-state index is 2.30. The molecule has 90 valence electrons. The van der Waals surface area contributed by atoms with Crippen molar-refractivity contribution in [1.29, 1.82) is 0 Å². The first-order chi connectivity index (χ1) is 6.35. The third kappa shape index (κ3) is 14.5. The number of unbranched alkanes of at least 4 members (excludes halogenated alkanes) is 1. The average molecular weight is 202 g/mol. The van der Waals surface area contributed by atoms with Crippen molar-refractivity contribution in [3.63, 3.8) is 0 Å². The van der Waals surface area contributed by atoms with Gasteiger partial charge in [-0.25, -0.2) is 0 Å². The fourth-order valence-electron chi connectivity index (χ4n) is 1.42. The average Bonchev–Trinajstić information content (AvgIpc) is 2.74. The van der Waals surface area contributed by atoms with Crippen LogP contribution in [-0.2, 0) is 0 Å². The van der Waals surface area contributed by atoms with Crippen molar-refractivity contribution in [3.8, 4) is 0 Å². The molecule has 0 heteroatoms. The van der Waals surface area contributed by atoms with Gasteiger partial charge in [0.15, 0.2) is 0 Å². The van der Waals surface area contributed by atoms with Crippen LogP contribution in [0.5, 0.6) is 0 Å². The van der Waals surface area contributed by atoms with E-state index in [9.17, 15) is 0 Å². The second kappa shape index (κ2) is 18.7. The molecule has 0 amide bonds. The Morgan fingerprint density at radius 2 is 1.21 bits per heavy atom. The van der Waals surface area contributed by atoms with Crippen LogP contribution in [-0.4, -0.2) is 0 Å². The summed E-state index contributed by atoms with van der Waals surface area (Å²) in [5, 5.41) is 0. The first-order valence-corrected chi connectivity index (χ1v) is 6.35. The molecule has 0 heterocycles. The summed E-state index contributed by atoms with van der Waals surface area (Å²) in [4.78, 5) is 0. The minimum atomic E-state index is 0. The highest BCUT2D eigenvalue weighted by Gasteiger charge is 2.11. The van der Waals surface area contributed by atoms with Crippen molar-refractivity contribution in [2.75, 3.05) is 0 Å². The fourth-order valence-corrected chi connectivity index (χ4v) is 1.42. The van der Waals surface area contributed by atoms with Crippen LogP contribution in [0.2, 0.25) is 0 Å². The highest BCUT2D eigenvalue weighted by Crippen LogP contribution is 2.26. The summed E-state index contributed by atoms with van der Waals surface area (Å²) >= 11 is 0. The summed E-state index contributed by atoms with van der Waals surface area (Å²) < 4.78 is 0. The Morgan fingerprint density at radius 1 is 0.857 bits per heavy atom. The molecule has 0 aromatic heterocycles. The van der Waals surface area contributed by atoms with Crippen LogP contribution in [0.3, 0.4) is 0 Å². The zero-order chi connectivity index (χ0) is 10.5. The second-order valence-electron chi connectivity index (χ2n) is 3.56. The van der Waals surface area contributed by atoms with Crippen molar-refractivity contribution in [2.45, 2.75) is 87.0 Å². The van der Waals surface area contributed by atoms with E-state index in [4.69, 9.17) is 0 Å². The molecule has 0 unspecified atom stereocenters. The topological polar surface area (TPSA) is 0 Å². The van der Waals surface area contributed by atoms with Gasteiger partial charge >= 0.3 is 0 Å². The number of rotatable bonds is 2. The summed E-state index contributed by atoms with van der Waals surface area (Å²) in [6.07, 6.45) is 10.1. The largest absolute Gasteiger partial charge is 0.0776 e. The monoisotopic (exact) mass is 202 g/mol. The van der Waals surface area contributed by atoms with Gasteiger partial charge in [0.2, 0.25) is 0 Å². The lowest BCUT2D eigenvalue weighted by Gasteiger charge is -1.99. The Bertz CT molecular complexity index is 58.4. The first kappa shape index (κ1) is 19.6. The van der Waals surface area contributed by atoms with Crippen molar-refractivity contribution >= 4 is 0 Å². The molecule has 0 aromatic rings. The van der Waals surface area contributed by atoms with Crippen molar-refractivity contribution < 1.29 is 0 Å². The molecule has 0 aliphatic heterocycles. The molecule has 1 fully saturated rings. The van der Waals surface area contributed by atoms with Gasteiger partial charge in [0, 0.05) is 0 Å². The van der Waals surface area contributed by atoms with Crippen LogP contribution < -0.4 is 0 Å². The van der Waals surface area contributed by atoms with Crippen molar-refractivity contribution in [3.05, 3.63) is 0 Å². The van der Waals surface area contributed by atoms with E-state index in [-0.39, 0.29) is 7.43 Å². The molecule has 0 nitrogen and oxygen atoms in total. The number of hydrogen-bond acceptors (Lipinski definition) is 0. The molecule has 1 aliphatic rings. The molecule has 0 bridgehead atoms. The summed E-state index contributed by atoms with van der Waals surface area (Å²) in [5.41, 5.74) is 0. The van der Waals surface area contributed by atoms with Gasteiger partial charge < -0.3 is 0 Å². The lowest BCUT2D eigenvalue weighted by atomic mass is 10.1. The van der Waals surface area contributed by atoms with E-state index in [0.717, 1.165) is 5.92 Å². The van der Waals surface area contributed by atoms with Crippen molar-refractivity contribution in [1.82, 2.24) is 0 Å². The quantitative estimate of drug-likeness (QED) is 0.511. The van der Waals surface area contributed by atoms with E-state index in [1.807, 2.05) is 13.8 Å². The minimum Gasteiger partial charge on any atom is -0.0776 e. The third-order valence-corrected chi connectivity index (χ3v) is 2.55. The molecule has 0 aromatic carbocycles. The summed E-state index contributed by atoms with van der Waals surface area (Å²) in [6, 6.07) is 0. The summed E-state index contributed by atoms with van der Waals surface area (Å²) in [7, 11) is 0. The fraction of sp³-hybridized carbons (Fsp3) is 1.00. The Labute approximate surface area is 93.5 Å². The van der Waals surface area contributed by atoms with E-state index < -0.39 is 0 Å². The van der Waals surface area contributed by atoms with E-state index in [0.29, 0.717) is 0 Å². The lowest BCUT2D eigenvalue weighted by Crippen LogP contribution is -1.86. The second-order valence-corrected chi connectivity index (χ2v) is 3.56. The highest BCUT2D eigenvalue weighted by atomic mass is 14.2. The van der Waals surface area contributed by atoms with Gasteiger partial charge in [-0.3, -0.25) is 0 Å². The maximum Gasteiger partial charge on any atom is -0.0417 e. The summed E-state index contributed by atoms with van der Waals surface area (Å²) in [5.74, 6) is 1.10. The molecule has 0 N–H and O–H groups in total. The Balaban J connectivity index is -0.000000152. The van der Waals surface area contributed by atoms with E-state index in [1.54, 1.807) is 0 Å². The predicted octanol–water partition coefficient (Wildman–Crippen LogP) is 6.06. The van der Waals surface area contributed by atoms with Crippen LogP contribution >= 0.6 is 0 Å². The van der Waals surface area contributed by atoms with E-state index in [1.165, 1.54) is 44.9 Å². The molecular formula is C14H34. The van der Waals surface area contributed by atoms with Gasteiger partial charge in [0.25, 0.3) is 0 Å². The highest BCUT2D eigenvalue weighted by molar-refractivity contribution is 4.64. The van der Waals surface area contributed by atoms with Crippen LogP contribution in [0.1, 0.15) is 87.0 Å². The zero-order valence-corrected chi connectivity index (χ0v) is 10.5. The molecule has 0 spiro atoms. The predicted molar refractivity (Wildman–Crippen MR) is 70.9 cm³/mol. The van der Waals surface area contributed by atoms with E-state index in [2.05, 4.69) is 20.8 Å². The molecular weight excluding hydrogens is 168 g/mol. The van der Waals surface area contributed by atoms with Crippen LogP contribution in [0, 0.1) is 5.92 Å². The SMILES string of the molecule is C.CC.CCC1CCCC1.CCCC. The molecule has 1 aliphatic carbocycles. The van der Waals surface area contributed by atoms with Crippen LogP contribution in [0.4, 0.5) is 0 Å². The van der Waals surface area contributed by atoms with Crippen LogP contribution in [0.25, 0.3) is 0 Å². The normalized spacial score (nSPS) is 14.4. The molecule has 1 rings (SSSR count). The smallest absolute Gasteiger partial charge is 0.0417 e. The minimum absolute atomic E-state index is 0. The lowest BCUT2D eigenvalue weighted by molar-refractivity contribution is 0.531. The number of hydrogen-bond donors (Lipinski definition) is 0. The zero-order valence-electron chi connectivity index (χ0n) is 10.5.